The van der Waals surface area contributed by atoms with E-state index in [1.54, 1.807) is 23.1 Å². The number of methoxy groups -OCH3 is 1. The number of piperidine rings is 1. The van der Waals surface area contributed by atoms with Crippen molar-refractivity contribution in [2.24, 2.45) is 5.92 Å². The van der Waals surface area contributed by atoms with Crippen LogP contribution in [0.25, 0.3) is 0 Å². The van der Waals surface area contributed by atoms with Crippen molar-refractivity contribution in [3.63, 3.8) is 0 Å². The van der Waals surface area contributed by atoms with E-state index < -0.39 is 0 Å². The summed E-state index contributed by atoms with van der Waals surface area (Å²) in [5.74, 6) is 0.517. The molecule has 34 heavy (non-hydrogen) atoms. The second kappa shape index (κ2) is 10.8. The number of amides is 2. The van der Waals surface area contributed by atoms with Gasteiger partial charge >= 0.3 is 0 Å². The quantitative estimate of drug-likeness (QED) is 0.665. The third-order valence-corrected chi connectivity index (χ3v) is 6.93. The van der Waals surface area contributed by atoms with E-state index in [9.17, 15) is 9.59 Å². The van der Waals surface area contributed by atoms with Crippen LogP contribution in [0.1, 0.15) is 35.2 Å². The van der Waals surface area contributed by atoms with Gasteiger partial charge in [0.25, 0.3) is 5.91 Å². The lowest BCUT2D eigenvalue weighted by Gasteiger charge is -2.34. The molecular weight excluding hydrogens is 452 g/mol. The molecule has 0 aromatic heterocycles. The van der Waals surface area contributed by atoms with E-state index >= 15 is 0 Å². The van der Waals surface area contributed by atoms with Gasteiger partial charge in [0.1, 0.15) is 5.75 Å². The fraction of sp³-hybridized carbons (Fsp3) is 0.423. The molecule has 2 heterocycles. The standard InChI is InChI=1S/C26H29ClN4O3/c1-34-24-8-5-21(27)17-23(24)26(33)31-13-9-20(10-14-31)25(32)30-12-2-11-29(15-16-30)22-6-3-19(18-28)4-7-22/h3-8,17,20H,2,9-16H2,1H3. The van der Waals surface area contributed by atoms with E-state index in [0.717, 1.165) is 31.7 Å². The molecule has 7 nitrogen and oxygen atoms in total. The number of hydrogen-bond donors (Lipinski definition) is 0. The van der Waals surface area contributed by atoms with Crippen LogP contribution >= 0.6 is 11.6 Å². The molecule has 8 heteroatoms. The van der Waals surface area contributed by atoms with Gasteiger partial charge < -0.3 is 19.4 Å². The molecule has 178 valence electrons. The minimum atomic E-state index is -0.113. The Morgan fingerprint density at radius 3 is 2.38 bits per heavy atom. The maximum atomic E-state index is 13.3. The monoisotopic (exact) mass is 480 g/mol. The Hall–Kier alpha value is -3.24. The summed E-state index contributed by atoms with van der Waals surface area (Å²) < 4.78 is 5.33. The van der Waals surface area contributed by atoms with Crippen LogP contribution in [-0.4, -0.2) is 68.0 Å². The summed E-state index contributed by atoms with van der Waals surface area (Å²) >= 11 is 6.09. The van der Waals surface area contributed by atoms with Crippen LogP contribution in [0.2, 0.25) is 5.02 Å². The van der Waals surface area contributed by atoms with Gasteiger partial charge in [0.15, 0.2) is 0 Å². The van der Waals surface area contributed by atoms with E-state index in [1.165, 1.54) is 7.11 Å². The largest absolute Gasteiger partial charge is 0.496 e. The molecule has 0 N–H and O–H groups in total. The number of nitriles is 1. The summed E-state index contributed by atoms with van der Waals surface area (Å²) in [5, 5.41) is 9.49. The fourth-order valence-electron chi connectivity index (χ4n) is 4.75. The second-order valence-electron chi connectivity index (χ2n) is 8.74. The van der Waals surface area contributed by atoms with Gasteiger partial charge in [-0.25, -0.2) is 0 Å². The van der Waals surface area contributed by atoms with Gasteiger partial charge in [0.05, 0.1) is 24.3 Å². The smallest absolute Gasteiger partial charge is 0.257 e. The summed E-state index contributed by atoms with van der Waals surface area (Å²) in [6.45, 7) is 4.14. The molecule has 0 radical (unpaired) electrons. The number of carbonyl (C=O) groups is 2. The number of likely N-dealkylation sites (tertiary alicyclic amines) is 1. The molecule has 0 spiro atoms. The van der Waals surface area contributed by atoms with Crippen molar-refractivity contribution in [2.45, 2.75) is 19.3 Å². The van der Waals surface area contributed by atoms with Crippen molar-refractivity contribution in [1.29, 1.82) is 5.26 Å². The molecule has 0 unspecified atom stereocenters. The summed E-state index contributed by atoms with van der Waals surface area (Å²) in [4.78, 5) is 32.3. The molecule has 2 fully saturated rings. The van der Waals surface area contributed by atoms with Gasteiger partial charge in [0, 0.05) is 55.9 Å². The lowest BCUT2D eigenvalue weighted by atomic mass is 9.94. The summed E-state index contributed by atoms with van der Waals surface area (Å²) in [6.07, 6.45) is 2.21. The predicted molar refractivity (Wildman–Crippen MR) is 131 cm³/mol. The Morgan fingerprint density at radius 1 is 0.971 bits per heavy atom. The Balaban J connectivity index is 1.32. The first-order chi connectivity index (χ1) is 16.5. The Bertz CT molecular complexity index is 1070. The summed E-state index contributed by atoms with van der Waals surface area (Å²) in [5.41, 5.74) is 2.18. The van der Waals surface area contributed by atoms with E-state index in [4.69, 9.17) is 21.6 Å². The number of anilines is 1. The Morgan fingerprint density at radius 2 is 1.71 bits per heavy atom. The molecule has 2 amide bonds. The lowest BCUT2D eigenvalue weighted by Crippen LogP contribution is -2.45. The molecule has 0 atom stereocenters. The minimum Gasteiger partial charge on any atom is -0.496 e. The van der Waals surface area contributed by atoms with Gasteiger partial charge in [-0.3, -0.25) is 9.59 Å². The topological polar surface area (TPSA) is 76.9 Å². The first kappa shape index (κ1) is 23.9. The summed E-state index contributed by atoms with van der Waals surface area (Å²) in [7, 11) is 1.54. The maximum absolute atomic E-state index is 13.3. The number of rotatable bonds is 4. The van der Waals surface area contributed by atoms with E-state index in [1.807, 2.05) is 29.2 Å². The lowest BCUT2D eigenvalue weighted by molar-refractivity contribution is -0.136. The summed E-state index contributed by atoms with van der Waals surface area (Å²) in [6, 6.07) is 14.8. The third kappa shape index (κ3) is 5.28. The van der Waals surface area contributed by atoms with Crippen LogP contribution in [0, 0.1) is 17.2 Å². The number of benzene rings is 2. The van der Waals surface area contributed by atoms with Gasteiger partial charge in [-0.1, -0.05) is 11.6 Å². The highest BCUT2D eigenvalue weighted by Gasteiger charge is 2.32. The minimum absolute atomic E-state index is 0.0632. The molecular formula is C26H29ClN4O3. The van der Waals surface area contributed by atoms with Crippen molar-refractivity contribution < 1.29 is 14.3 Å². The Kier molecular flexibility index (Phi) is 7.59. The zero-order valence-corrected chi connectivity index (χ0v) is 20.1. The van der Waals surface area contributed by atoms with Crippen LogP contribution in [0.3, 0.4) is 0 Å². The highest BCUT2D eigenvalue weighted by Crippen LogP contribution is 2.27. The number of ether oxygens (including phenoxy) is 1. The van der Waals surface area contributed by atoms with Crippen molar-refractivity contribution in [1.82, 2.24) is 9.80 Å². The van der Waals surface area contributed by atoms with E-state index in [-0.39, 0.29) is 17.7 Å². The van der Waals surface area contributed by atoms with Crippen molar-refractivity contribution in [2.75, 3.05) is 51.3 Å². The highest BCUT2D eigenvalue weighted by molar-refractivity contribution is 6.31. The molecule has 0 saturated carbocycles. The molecule has 2 aromatic carbocycles. The van der Waals surface area contributed by atoms with Crippen LogP contribution in [0.5, 0.6) is 5.75 Å². The second-order valence-corrected chi connectivity index (χ2v) is 9.17. The number of carbonyl (C=O) groups excluding carboxylic acids is 2. The van der Waals surface area contributed by atoms with Crippen LogP contribution in [0.4, 0.5) is 5.69 Å². The van der Waals surface area contributed by atoms with Crippen LogP contribution in [-0.2, 0) is 4.79 Å². The van der Waals surface area contributed by atoms with Crippen molar-refractivity contribution in [3.05, 3.63) is 58.6 Å². The van der Waals surface area contributed by atoms with E-state index in [0.29, 0.717) is 54.4 Å². The normalized spacial score (nSPS) is 17.1. The van der Waals surface area contributed by atoms with Crippen molar-refractivity contribution >= 4 is 29.1 Å². The molecule has 2 aliphatic rings. The number of nitrogens with zero attached hydrogens (tertiary/aromatic N) is 4. The average Bonchev–Trinajstić information content (AvgIpc) is 3.14. The molecule has 0 aliphatic carbocycles. The van der Waals surface area contributed by atoms with E-state index in [2.05, 4.69) is 11.0 Å². The highest BCUT2D eigenvalue weighted by atomic mass is 35.5. The molecule has 4 rings (SSSR count). The molecule has 2 aromatic rings. The molecule has 2 saturated heterocycles. The van der Waals surface area contributed by atoms with Crippen LogP contribution in [0.15, 0.2) is 42.5 Å². The Labute approximate surface area is 205 Å². The van der Waals surface area contributed by atoms with Gasteiger partial charge in [0.2, 0.25) is 5.91 Å². The third-order valence-electron chi connectivity index (χ3n) is 6.69. The zero-order valence-electron chi connectivity index (χ0n) is 19.4. The zero-order chi connectivity index (χ0) is 24.1. The first-order valence-corrected chi connectivity index (χ1v) is 12.0. The van der Waals surface area contributed by atoms with Crippen molar-refractivity contribution in [3.8, 4) is 11.8 Å². The predicted octanol–water partition coefficient (Wildman–Crippen LogP) is 3.81. The maximum Gasteiger partial charge on any atom is 0.257 e. The molecule has 0 bridgehead atoms. The van der Waals surface area contributed by atoms with Gasteiger partial charge in [-0.15, -0.1) is 0 Å². The van der Waals surface area contributed by atoms with Gasteiger partial charge in [-0.05, 0) is 61.7 Å². The molecule has 2 aliphatic heterocycles. The van der Waals surface area contributed by atoms with Crippen LogP contribution < -0.4 is 9.64 Å². The SMILES string of the molecule is COc1ccc(Cl)cc1C(=O)N1CCC(C(=O)N2CCCN(c3ccc(C#N)cc3)CC2)CC1. The fourth-order valence-corrected chi connectivity index (χ4v) is 4.92. The first-order valence-electron chi connectivity index (χ1n) is 11.7. The average molecular weight is 481 g/mol. The number of halogens is 1. The number of hydrogen-bond acceptors (Lipinski definition) is 5. The van der Waals surface area contributed by atoms with Gasteiger partial charge in [-0.2, -0.15) is 5.26 Å².